The number of rotatable bonds is 2. The molecular weight excluding hydrogens is 270 g/mol. The zero-order chi connectivity index (χ0) is 15.0. The fraction of sp³-hybridized carbons (Fsp3) is 0.133. The summed E-state index contributed by atoms with van der Waals surface area (Å²) in [5.74, 6) is 0.753. The molecule has 3 aromatic rings. The summed E-state index contributed by atoms with van der Waals surface area (Å²) in [7, 11) is 3.18. The number of H-pyrrole nitrogens is 1. The standard InChI is InChI=1S/C15H13N3O3/c1-18-13-11(14(19)17-15(18)20)7-8-12(16-13)9-3-5-10(21-2)6-4-9/h3-8H,1-2H3,(H,17,19,20). The molecule has 0 radical (unpaired) electrons. The van der Waals surface area contributed by atoms with Crippen molar-refractivity contribution in [1.29, 1.82) is 0 Å². The SMILES string of the molecule is COc1ccc(-c2ccc3c(=O)[nH]c(=O)n(C)c3n2)cc1. The van der Waals surface area contributed by atoms with E-state index in [0.717, 1.165) is 11.3 Å². The molecule has 0 spiro atoms. The largest absolute Gasteiger partial charge is 0.497 e. The van der Waals surface area contributed by atoms with Gasteiger partial charge in [0.05, 0.1) is 18.2 Å². The van der Waals surface area contributed by atoms with Gasteiger partial charge in [0.2, 0.25) is 0 Å². The minimum absolute atomic E-state index is 0.358. The Balaban J connectivity index is 2.22. The first-order valence-corrected chi connectivity index (χ1v) is 6.34. The molecule has 0 saturated heterocycles. The monoisotopic (exact) mass is 283 g/mol. The van der Waals surface area contributed by atoms with Gasteiger partial charge in [-0.2, -0.15) is 0 Å². The number of pyridine rings is 1. The maximum atomic E-state index is 11.8. The van der Waals surface area contributed by atoms with Crippen LogP contribution in [0.3, 0.4) is 0 Å². The Morgan fingerprint density at radius 3 is 2.48 bits per heavy atom. The van der Waals surface area contributed by atoms with Gasteiger partial charge in [0.1, 0.15) is 11.4 Å². The summed E-state index contributed by atoms with van der Waals surface area (Å²) in [5, 5.41) is 0.384. The third-order valence-electron chi connectivity index (χ3n) is 3.35. The molecule has 21 heavy (non-hydrogen) atoms. The number of benzene rings is 1. The van der Waals surface area contributed by atoms with Crippen LogP contribution >= 0.6 is 0 Å². The number of aromatic nitrogens is 3. The van der Waals surface area contributed by atoms with Gasteiger partial charge >= 0.3 is 5.69 Å². The summed E-state index contributed by atoms with van der Waals surface area (Å²) in [4.78, 5) is 30.1. The number of aromatic amines is 1. The van der Waals surface area contributed by atoms with Crippen LogP contribution in [0.15, 0.2) is 46.0 Å². The average Bonchev–Trinajstić information content (AvgIpc) is 2.52. The smallest absolute Gasteiger partial charge is 0.329 e. The molecule has 0 unspecified atom stereocenters. The van der Waals surface area contributed by atoms with Crippen LogP contribution in [0, 0.1) is 0 Å². The summed E-state index contributed by atoms with van der Waals surface area (Å²) < 4.78 is 6.44. The molecule has 0 fully saturated rings. The molecule has 3 rings (SSSR count). The van der Waals surface area contributed by atoms with E-state index in [-0.39, 0.29) is 0 Å². The van der Waals surface area contributed by atoms with Crippen LogP contribution in [0.1, 0.15) is 0 Å². The van der Waals surface area contributed by atoms with Crippen molar-refractivity contribution in [2.24, 2.45) is 7.05 Å². The lowest BCUT2D eigenvalue weighted by atomic mass is 10.1. The second kappa shape index (κ2) is 4.90. The predicted octanol–water partition coefficient (Wildman–Crippen LogP) is 1.30. The van der Waals surface area contributed by atoms with Gasteiger partial charge in [0.15, 0.2) is 0 Å². The van der Waals surface area contributed by atoms with E-state index in [4.69, 9.17) is 4.74 Å². The second-order valence-corrected chi connectivity index (χ2v) is 4.61. The van der Waals surface area contributed by atoms with Crippen molar-refractivity contribution in [3.63, 3.8) is 0 Å². The summed E-state index contributed by atoms with van der Waals surface area (Å²) in [6.45, 7) is 0. The molecular formula is C15H13N3O3. The maximum Gasteiger partial charge on any atom is 0.329 e. The fourth-order valence-electron chi connectivity index (χ4n) is 2.15. The van der Waals surface area contributed by atoms with Gasteiger partial charge in [0.25, 0.3) is 5.56 Å². The van der Waals surface area contributed by atoms with E-state index in [2.05, 4.69) is 9.97 Å². The lowest BCUT2D eigenvalue weighted by molar-refractivity contribution is 0.415. The first-order chi connectivity index (χ1) is 10.1. The minimum atomic E-state index is -0.480. The van der Waals surface area contributed by atoms with Gasteiger partial charge in [0, 0.05) is 12.6 Å². The molecule has 2 heterocycles. The quantitative estimate of drug-likeness (QED) is 0.769. The van der Waals surface area contributed by atoms with Crippen LogP contribution in [-0.2, 0) is 7.05 Å². The lowest BCUT2D eigenvalue weighted by Gasteiger charge is -2.06. The molecule has 0 aliphatic carbocycles. The van der Waals surface area contributed by atoms with Crippen LogP contribution < -0.4 is 16.0 Å². The lowest BCUT2D eigenvalue weighted by Crippen LogP contribution is -2.28. The number of aryl methyl sites for hydroxylation is 1. The van der Waals surface area contributed by atoms with E-state index < -0.39 is 11.2 Å². The van der Waals surface area contributed by atoms with E-state index in [1.807, 2.05) is 24.3 Å². The third-order valence-corrected chi connectivity index (χ3v) is 3.35. The third kappa shape index (κ3) is 2.20. The summed E-state index contributed by atoms with van der Waals surface area (Å²) in [5.41, 5.74) is 1.02. The van der Waals surface area contributed by atoms with E-state index in [9.17, 15) is 9.59 Å². The fourth-order valence-corrected chi connectivity index (χ4v) is 2.15. The summed E-state index contributed by atoms with van der Waals surface area (Å²) in [6.07, 6.45) is 0. The van der Waals surface area contributed by atoms with Crippen molar-refractivity contribution in [1.82, 2.24) is 14.5 Å². The van der Waals surface area contributed by atoms with Gasteiger partial charge in [-0.05, 0) is 36.4 Å². The van der Waals surface area contributed by atoms with Crippen molar-refractivity contribution in [2.75, 3.05) is 7.11 Å². The van der Waals surface area contributed by atoms with Crippen molar-refractivity contribution in [3.8, 4) is 17.0 Å². The number of nitrogens with one attached hydrogen (secondary N) is 1. The molecule has 1 aromatic carbocycles. The normalized spacial score (nSPS) is 10.8. The molecule has 6 nitrogen and oxygen atoms in total. The van der Waals surface area contributed by atoms with Crippen LogP contribution in [-0.4, -0.2) is 21.6 Å². The number of hydrogen-bond acceptors (Lipinski definition) is 4. The molecule has 0 aliphatic heterocycles. The second-order valence-electron chi connectivity index (χ2n) is 4.61. The maximum absolute atomic E-state index is 11.8. The van der Waals surface area contributed by atoms with E-state index in [1.54, 1.807) is 26.3 Å². The van der Waals surface area contributed by atoms with Gasteiger partial charge < -0.3 is 4.74 Å². The molecule has 0 atom stereocenters. The first-order valence-electron chi connectivity index (χ1n) is 6.34. The Morgan fingerprint density at radius 2 is 1.81 bits per heavy atom. The van der Waals surface area contributed by atoms with Crippen molar-refractivity contribution < 1.29 is 4.74 Å². The zero-order valence-corrected chi connectivity index (χ0v) is 11.6. The number of methoxy groups -OCH3 is 1. The Labute approximate surface area is 119 Å². The molecule has 0 saturated carbocycles. The highest BCUT2D eigenvalue weighted by molar-refractivity contribution is 5.77. The summed E-state index contributed by atoms with van der Waals surface area (Å²) >= 11 is 0. The highest BCUT2D eigenvalue weighted by Gasteiger charge is 2.08. The van der Waals surface area contributed by atoms with E-state index >= 15 is 0 Å². The average molecular weight is 283 g/mol. The van der Waals surface area contributed by atoms with Gasteiger partial charge in [-0.15, -0.1) is 0 Å². The minimum Gasteiger partial charge on any atom is -0.497 e. The molecule has 2 aromatic heterocycles. The van der Waals surface area contributed by atoms with Gasteiger partial charge in [-0.3, -0.25) is 14.3 Å². The Morgan fingerprint density at radius 1 is 1.10 bits per heavy atom. The molecule has 106 valence electrons. The van der Waals surface area contributed by atoms with Crippen molar-refractivity contribution in [3.05, 3.63) is 57.2 Å². The topological polar surface area (TPSA) is 77.0 Å². The number of fused-ring (bicyclic) bond motifs is 1. The highest BCUT2D eigenvalue weighted by atomic mass is 16.5. The molecule has 0 bridgehead atoms. The molecule has 0 aliphatic rings. The van der Waals surface area contributed by atoms with Crippen LogP contribution in [0.4, 0.5) is 0 Å². The first kappa shape index (κ1) is 13.1. The number of ether oxygens (including phenoxy) is 1. The van der Waals surface area contributed by atoms with Gasteiger partial charge in [-0.1, -0.05) is 0 Å². The Hall–Kier alpha value is -2.89. The highest BCUT2D eigenvalue weighted by Crippen LogP contribution is 2.21. The predicted molar refractivity (Wildman–Crippen MR) is 79.6 cm³/mol. The van der Waals surface area contributed by atoms with Crippen LogP contribution in [0.25, 0.3) is 22.3 Å². The number of nitrogens with zero attached hydrogens (tertiary/aromatic N) is 2. The van der Waals surface area contributed by atoms with Crippen LogP contribution in [0.2, 0.25) is 0 Å². The summed E-state index contributed by atoms with van der Waals surface area (Å²) in [6, 6.07) is 10.8. The zero-order valence-electron chi connectivity index (χ0n) is 11.6. The van der Waals surface area contributed by atoms with Crippen LogP contribution in [0.5, 0.6) is 5.75 Å². The Kier molecular flexibility index (Phi) is 3.06. The van der Waals surface area contributed by atoms with Gasteiger partial charge in [-0.25, -0.2) is 9.78 Å². The van der Waals surface area contributed by atoms with Crippen molar-refractivity contribution in [2.45, 2.75) is 0 Å². The molecule has 0 amide bonds. The molecule has 6 heteroatoms. The van der Waals surface area contributed by atoms with Crippen molar-refractivity contribution >= 4 is 11.0 Å². The molecule has 1 N–H and O–H groups in total. The number of hydrogen-bond donors (Lipinski definition) is 1. The van der Waals surface area contributed by atoms with E-state index in [0.29, 0.717) is 16.7 Å². The van der Waals surface area contributed by atoms with E-state index in [1.165, 1.54) is 4.57 Å². The Bertz CT molecular complexity index is 924.